The maximum absolute atomic E-state index is 11.1. The first kappa shape index (κ1) is 20.2. The first-order chi connectivity index (χ1) is 12.4. The van der Waals surface area contributed by atoms with Gasteiger partial charge in [-0.15, -0.1) is 0 Å². The van der Waals surface area contributed by atoms with Crippen LogP contribution < -0.4 is 16.1 Å². The Bertz CT molecular complexity index is 579. The molecule has 2 saturated heterocycles. The molecule has 3 heterocycles. The van der Waals surface area contributed by atoms with Crippen molar-refractivity contribution in [3.63, 3.8) is 0 Å². The Hall–Kier alpha value is -2.07. The topological polar surface area (TPSA) is 128 Å². The molecule has 4 amide bonds. The van der Waals surface area contributed by atoms with Crippen LogP contribution in [0.4, 0.5) is 4.79 Å². The van der Waals surface area contributed by atoms with Gasteiger partial charge >= 0.3 is 12.0 Å². The first-order valence-corrected chi connectivity index (χ1v) is 9.67. The highest BCUT2D eigenvalue weighted by molar-refractivity contribution is 8.00. The van der Waals surface area contributed by atoms with E-state index >= 15 is 0 Å². The monoisotopic (exact) mass is 384 g/mol. The zero-order chi connectivity index (χ0) is 19.1. The zero-order valence-electron chi connectivity index (χ0n) is 14.6. The molecule has 3 aliphatic heterocycles. The molecule has 9 nitrogen and oxygen atoms in total. The van der Waals surface area contributed by atoms with E-state index in [-0.39, 0.29) is 36.3 Å². The summed E-state index contributed by atoms with van der Waals surface area (Å²) in [5.74, 6) is -0.362. The number of carbonyl (C=O) groups excluding carboxylic acids is 3. The summed E-state index contributed by atoms with van der Waals surface area (Å²) in [6.45, 7) is 2.39. The highest BCUT2D eigenvalue weighted by Crippen LogP contribution is 2.33. The first-order valence-electron chi connectivity index (χ1n) is 8.62. The number of imide groups is 1. The average molecular weight is 384 g/mol. The standard InChI is InChI=1S/C10H16N2O3S.C6H8N2O2/c13-8(14)4-2-1-3-7-9-6(5-16-7)11-10(15)12-9;1-2-7-8-5(9)3-4-6(8)10/h6-7,9H,1-5H2,(H,13,14)(H2,11,12,15);3-4,7H,2H2,1H3/t6-,7-,9-;/m0./s1. The smallest absolute Gasteiger partial charge is 0.315 e. The number of thioether (sulfide) groups is 1. The normalized spacial score (nSPS) is 26.3. The molecule has 3 aliphatic rings. The summed E-state index contributed by atoms with van der Waals surface area (Å²) in [5.41, 5.74) is 2.62. The van der Waals surface area contributed by atoms with Gasteiger partial charge in [0.05, 0.1) is 12.1 Å². The number of carboxylic acid groups (broad SMARTS) is 1. The minimum Gasteiger partial charge on any atom is -0.481 e. The fraction of sp³-hybridized carbons (Fsp3) is 0.625. The number of amides is 4. The van der Waals surface area contributed by atoms with Crippen molar-refractivity contribution in [2.24, 2.45) is 0 Å². The summed E-state index contributed by atoms with van der Waals surface area (Å²) in [6.07, 6.45) is 5.36. The molecule has 0 spiro atoms. The van der Waals surface area contributed by atoms with Crippen molar-refractivity contribution in [1.29, 1.82) is 0 Å². The molecule has 4 N–H and O–H groups in total. The summed E-state index contributed by atoms with van der Waals surface area (Å²) in [6, 6.07) is 0.440. The predicted octanol–water partition coefficient (Wildman–Crippen LogP) is 0.233. The average Bonchev–Trinajstić information content (AvgIpc) is 3.23. The molecular formula is C16H24N4O5S. The highest BCUT2D eigenvalue weighted by atomic mass is 32.2. The van der Waals surface area contributed by atoms with Crippen molar-refractivity contribution in [2.75, 3.05) is 12.3 Å². The number of nitrogens with zero attached hydrogens (tertiary/aromatic N) is 1. The van der Waals surface area contributed by atoms with E-state index < -0.39 is 5.97 Å². The van der Waals surface area contributed by atoms with Crippen LogP contribution in [0.25, 0.3) is 0 Å². The lowest BCUT2D eigenvalue weighted by atomic mass is 10.0. The molecule has 3 rings (SSSR count). The second kappa shape index (κ2) is 9.58. The molecule has 26 heavy (non-hydrogen) atoms. The van der Waals surface area contributed by atoms with Crippen LogP contribution >= 0.6 is 11.8 Å². The number of hydrogen-bond donors (Lipinski definition) is 4. The molecule has 0 unspecified atom stereocenters. The lowest BCUT2D eigenvalue weighted by molar-refractivity contribution is -0.140. The molecule has 0 radical (unpaired) electrons. The molecule has 0 bridgehead atoms. The van der Waals surface area contributed by atoms with E-state index in [4.69, 9.17) is 5.11 Å². The number of carboxylic acids is 1. The lowest BCUT2D eigenvalue weighted by Crippen LogP contribution is -2.42. The number of fused-ring (bicyclic) bond motifs is 1. The lowest BCUT2D eigenvalue weighted by Gasteiger charge is -2.16. The van der Waals surface area contributed by atoms with E-state index in [1.165, 1.54) is 12.2 Å². The van der Waals surface area contributed by atoms with Gasteiger partial charge in [-0.25, -0.2) is 15.2 Å². The van der Waals surface area contributed by atoms with Gasteiger partial charge in [0.25, 0.3) is 11.8 Å². The van der Waals surface area contributed by atoms with E-state index in [1.54, 1.807) is 0 Å². The van der Waals surface area contributed by atoms with Crippen LogP contribution in [-0.2, 0) is 14.4 Å². The Kier molecular flexibility index (Phi) is 7.46. The number of nitrogens with one attached hydrogen (secondary N) is 3. The molecule has 0 aromatic rings. The number of carbonyl (C=O) groups is 4. The summed E-state index contributed by atoms with van der Waals surface area (Å²) in [7, 11) is 0. The second-order valence-electron chi connectivity index (χ2n) is 6.12. The van der Waals surface area contributed by atoms with E-state index in [9.17, 15) is 19.2 Å². The van der Waals surface area contributed by atoms with Crippen LogP contribution in [-0.4, -0.2) is 63.6 Å². The van der Waals surface area contributed by atoms with Gasteiger partial charge < -0.3 is 15.7 Å². The Morgan fingerprint density at radius 3 is 2.58 bits per heavy atom. The van der Waals surface area contributed by atoms with E-state index in [2.05, 4.69) is 16.1 Å². The number of hydrogen-bond acceptors (Lipinski definition) is 6. The number of aliphatic carboxylic acids is 1. The Labute approximate surface area is 155 Å². The largest absolute Gasteiger partial charge is 0.481 e. The second-order valence-corrected chi connectivity index (χ2v) is 7.39. The van der Waals surface area contributed by atoms with Crippen LogP contribution in [0, 0.1) is 0 Å². The third-order valence-corrected chi connectivity index (χ3v) is 5.70. The number of hydrazine groups is 1. The van der Waals surface area contributed by atoms with Crippen LogP contribution in [0.3, 0.4) is 0 Å². The minimum atomic E-state index is -0.729. The van der Waals surface area contributed by atoms with Crippen LogP contribution in [0.2, 0.25) is 0 Å². The van der Waals surface area contributed by atoms with Gasteiger partial charge in [-0.05, 0) is 12.8 Å². The van der Waals surface area contributed by atoms with Crippen molar-refractivity contribution in [3.05, 3.63) is 12.2 Å². The van der Waals surface area contributed by atoms with E-state index in [1.807, 2.05) is 18.7 Å². The SMILES string of the molecule is CCNN1C(=O)C=CC1=O.O=C(O)CCCC[C@@H]1SC[C@@H]2NC(=O)N[C@@H]21. The van der Waals surface area contributed by atoms with E-state index in [0.717, 1.165) is 30.0 Å². The number of urea groups is 1. The fourth-order valence-electron chi connectivity index (χ4n) is 2.98. The van der Waals surface area contributed by atoms with Gasteiger partial charge in [0.15, 0.2) is 0 Å². The summed E-state index contributed by atoms with van der Waals surface area (Å²) < 4.78 is 0. The van der Waals surface area contributed by atoms with E-state index in [0.29, 0.717) is 11.8 Å². The quantitative estimate of drug-likeness (QED) is 0.281. The predicted molar refractivity (Wildman–Crippen MR) is 96.3 cm³/mol. The molecule has 0 aromatic heterocycles. The molecule has 3 atom stereocenters. The van der Waals surface area contributed by atoms with Gasteiger partial charge in [-0.2, -0.15) is 11.8 Å². The van der Waals surface area contributed by atoms with Crippen molar-refractivity contribution in [1.82, 2.24) is 21.1 Å². The molecule has 144 valence electrons. The maximum atomic E-state index is 11.1. The molecule has 0 aliphatic carbocycles. The van der Waals surface area contributed by atoms with Gasteiger partial charge in [-0.1, -0.05) is 13.3 Å². The van der Waals surface area contributed by atoms with Crippen molar-refractivity contribution in [2.45, 2.75) is 49.9 Å². The third-order valence-electron chi connectivity index (χ3n) is 4.19. The van der Waals surface area contributed by atoms with Crippen molar-refractivity contribution in [3.8, 4) is 0 Å². The molecule has 0 aromatic carbocycles. The van der Waals surface area contributed by atoms with Crippen LogP contribution in [0.5, 0.6) is 0 Å². The van der Waals surface area contributed by atoms with Gasteiger partial charge in [-0.3, -0.25) is 14.4 Å². The fourth-order valence-corrected chi connectivity index (χ4v) is 4.52. The Morgan fingerprint density at radius 2 is 1.96 bits per heavy atom. The summed E-state index contributed by atoms with van der Waals surface area (Å²) >= 11 is 1.87. The van der Waals surface area contributed by atoms with Crippen molar-refractivity contribution >= 4 is 35.6 Å². The molecule has 2 fully saturated rings. The molecular weight excluding hydrogens is 360 g/mol. The van der Waals surface area contributed by atoms with Gasteiger partial charge in [0.1, 0.15) is 0 Å². The summed E-state index contributed by atoms with van der Waals surface area (Å²) in [5, 5.41) is 15.8. The molecule has 10 heteroatoms. The third kappa shape index (κ3) is 5.46. The minimum absolute atomic E-state index is 0.0640. The molecule has 0 saturated carbocycles. The number of unbranched alkanes of at least 4 members (excludes halogenated alkanes) is 1. The summed E-state index contributed by atoms with van der Waals surface area (Å²) in [4.78, 5) is 42.9. The zero-order valence-corrected chi connectivity index (χ0v) is 15.4. The Morgan fingerprint density at radius 1 is 1.27 bits per heavy atom. The van der Waals surface area contributed by atoms with Gasteiger partial charge in [0, 0.05) is 36.1 Å². The van der Waals surface area contributed by atoms with Crippen LogP contribution in [0.1, 0.15) is 32.6 Å². The van der Waals surface area contributed by atoms with Gasteiger partial charge in [0.2, 0.25) is 0 Å². The highest BCUT2D eigenvalue weighted by Gasteiger charge is 2.42. The van der Waals surface area contributed by atoms with Crippen LogP contribution in [0.15, 0.2) is 12.2 Å². The van der Waals surface area contributed by atoms with Crippen molar-refractivity contribution < 1.29 is 24.3 Å². The maximum Gasteiger partial charge on any atom is 0.315 e. The number of rotatable bonds is 7. The Balaban J connectivity index is 0.000000209.